The van der Waals surface area contributed by atoms with E-state index in [2.05, 4.69) is 10.2 Å². The van der Waals surface area contributed by atoms with Crippen molar-refractivity contribution in [1.29, 1.82) is 0 Å². The van der Waals surface area contributed by atoms with Gasteiger partial charge in [-0.1, -0.05) is 29.8 Å². The van der Waals surface area contributed by atoms with E-state index in [0.717, 1.165) is 0 Å². The van der Waals surface area contributed by atoms with Crippen LogP contribution in [-0.4, -0.2) is 44.0 Å². The van der Waals surface area contributed by atoms with Gasteiger partial charge < -0.3 is 9.84 Å². The molecular formula is C18H16ClFN4O3. The maximum atomic E-state index is 13.9. The van der Waals surface area contributed by atoms with E-state index in [4.69, 9.17) is 16.3 Å². The second-order valence-electron chi connectivity index (χ2n) is 6.98. The molecule has 4 atom stereocenters. The SMILES string of the molecule is O=c1c2nn(Cc3ccccc3F)c(Cl)c2cnn1[C@@H]1[C@H]2CO[C@H](CO)[C@H]21. The van der Waals surface area contributed by atoms with Crippen LogP contribution in [0.4, 0.5) is 4.39 Å². The number of nitrogens with zero attached hydrogens (tertiary/aromatic N) is 4. The summed E-state index contributed by atoms with van der Waals surface area (Å²) < 4.78 is 22.2. The predicted octanol–water partition coefficient (Wildman–Crippen LogP) is 1.61. The topological polar surface area (TPSA) is 82.2 Å². The van der Waals surface area contributed by atoms with Gasteiger partial charge in [0, 0.05) is 17.4 Å². The van der Waals surface area contributed by atoms with Gasteiger partial charge in [0.05, 0.1) is 43.5 Å². The van der Waals surface area contributed by atoms with Crippen LogP contribution in [0.25, 0.3) is 10.9 Å². The highest BCUT2D eigenvalue weighted by Gasteiger charge is 2.61. The summed E-state index contributed by atoms with van der Waals surface area (Å²) in [6.07, 6.45) is 1.26. The zero-order valence-corrected chi connectivity index (χ0v) is 14.9. The van der Waals surface area contributed by atoms with Crippen LogP contribution in [0.3, 0.4) is 0 Å². The Labute approximate surface area is 157 Å². The number of hydrogen-bond donors (Lipinski definition) is 1. The summed E-state index contributed by atoms with van der Waals surface area (Å²) in [6, 6.07) is 6.26. The van der Waals surface area contributed by atoms with Crippen molar-refractivity contribution in [2.75, 3.05) is 13.2 Å². The Morgan fingerprint density at radius 3 is 2.96 bits per heavy atom. The fourth-order valence-electron chi connectivity index (χ4n) is 4.07. The Kier molecular flexibility index (Phi) is 3.82. The molecule has 7 nitrogen and oxygen atoms in total. The zero-order chi connectivity index (χ0) is 18.7. The van der Waals surface area contributed by atoms with Crippen molar-refractivity contribution in [3.8, 4) is 0 Å². The molecule has 2 aliphatic rings. The van der Waals surface area contributed by atoms with Crippen LogP contribution in [-0.2, 0) is 11.3 Å². The van der Waals surface area contributed by atoms with Crippen LogP contribution in [0.2, 0.25) is 5.15 Å². The standard InChI is InChI=1S/C18H16ClFN4O3/c19-17-10-5-21-24(16-11-8-27-13(7-25)14(11)16)18(26)15(10)22-23(17)6-9-3-1-2-4-12(9)20/h1-5,11,13-14,16,25H,6-8H2/t11-,13+,14-,16+/m0/s1. The van der Waals surface area contributed by atoms with Gasteiger partial charge in [-0.3, -0.25) is 4.79 Å². The third kappa shape index (κ3) is 2.51. The summed E-state index contributed by atoms with van der Waals surface area (Å²) in [5, 5.41) is 18.7. The molecule has 0 amide bonds. The molecule has 27 heavy (non-hydrogen) atoms. The minimum atomic E-state index is -0.357. The summed E-state index contributed by atoms with van der Waals surface area (Å²) in [7, 11) is 0. The molecule has 1 aliphatic carbocycles. The highest BCUT2D eigenvalue weighted by molar-refractivity contribution is 6.34. The number of aromatic nitrogens is 4. The number of benzene rings is 1. The molecule has 1 aromatic carbocycles. The van der Waals surface area contributed by atoms with Gasteiger partial charge >= 0.3 is 0 Å². The zero-order valence-electron chi connectivity index (χ0n) is 14.1. The number of aliphatic hydroxyl groups excluding tert-OH is 1. The summed E-state index contributed by atoms with van der Waals surface area (Å²) in [6.45, 7) is 0.557. The van der Waals surface area contributed by atoms with Crippen LogP contribution in [0.5, 0.6) is 0 Å². The lowest BCUT2D eigenvalue weighted by Gasteiger charge is -2.12. The first kappa shape index (κ1) is 16.9. The molecule has 5 rings (SSSR count). The van der Waals surface area contributed by atoms with E-state index in [-0.39, 0.29) is 59.2 Å². The fourth-order valence-corrected chi connectivity index (χ4v) is 4.30. The van der Waals surface area contributed by atoms with Gasteiger partial charge in [-0.05, 0) is 6.07 Å². The Morgan fingerprint density at radius 2 is 2.19 bits per heavy atom. The van der Waals surface area contributed by atoms with E-state index in [1.54, 1.807) is 18.2 Å². The highest BCUT2D eigenvalue weighted by atomic mass is 35.5. The molecule has 3 heterocycles. The van der Waals surface area contributed by atoms with E-state index in [9.17, 15) is 14.3 Å². The minimum Gasteiger partial charge on any atom is -0.394 e. The molecule has 2 aromatic heterocycles. The van der Waals surface area contributed by atoms with Crippen molar-refractivity contribution in [2.24, 2.45) is 11.8 Å². The van der Waals surface area contributed by atoms with Crippen LogP contribution in [0.15, 0.2) is 35.3 Å². The maximum Gasteiger partial charge on any atom is 0.295 e. The van der Waals surface area contributed by atoms with Crippen LogP contribution >= 0.6 is 11.6 Å². The first-order valence-electron chi connectivity index (χ1n) is 8.70. The van der Waals surface area contributed by atoms with E-state index >= 15 is 0 Å². The second kappa shape index (κ2) is 6.12. The number of hydrogen-bond acceptors (Lipinski definition) is 5. The van der Waals surface area contributed by atoms with Crippen molar-refractivity contribution >= 4 is 22.5 Å². The molecular weight excluding hydrogens is 375 g/mol. The highest BCUT2D eigenvalue weighted by Crippen LogP contribution is 2.56. The van der Waals surface area contributed by atoms with E-state index < -0.39 is 0 Å². The van der Waals surface area contributed by atoms with Gasteiger partial charge in [0.1, 0.15) is 11.0 Å². The number of rotatable bonds is 4. The lowest BCUT2D eigenvalue weighted by Crippen LogP contribution is -2.27. The molecule has 1 saturated heterocycles. The molecule has 0 spiro atoms. The first-order chi connectivity index (χ1) is 13.1. The average molecular weight is 391 g/mol. The van der Waals surface area contributed by atoms with E-state index in [1.165, 1.54) is 21.6 Å². The smallest absolute Gasteiger partial charge is 0.295 e. The molecule has 140 valence electrons. The number of ether oxygens (including phenoxy) is 1. The number of fused-ring (bicyclic) bond motifs is 2. The van der Waals surface area contributed by atoms with Gasteiger partial charge in [-0.2, -0.15) is 10.2 Å². The van der Waals surface area contributed by atoms with Gasteiger partial charge in [-0.25, -0.2) is 13.8 Å². The molecule has 9 heteroatoms. The molecule has 2 fully saturated rings. The van der Waals surface area contributed by atoms with E-state index in [0.29, 0.717) is 17.6 Å². The quantitative estimate of drug-likeness (QED) is 0.732. The van der Waals surface area contributed by atoms with Gasteiger partial charge in [0.2, 0.25) is 0 Å². The van der Waals surface area contributed by atoms with Crippen LogP contribution in [0, 0.1) is 17.7 Å². The van der Waals surface area contributed by atoms with Crippen molar-refractivity contribution < 1.29 is 14.2 Å². The van der Waals surface area contributed by atoms with Gasteiger partial charge in [-0.15, -0.1) is 0 Å². The summed E-state index contributed by atoms with van der Waals surface area (Å²) in [4.78, 5) is 12.9. The first-order valence-corrected chi connectivity index (χ1v) is 9.07. The Balaban J connectivity index is 1.52. The second-order valence-corrected chi connectivity index (χ2v) is 7.34. The lowest BCUT2D eigenvalue weighted by molar-refractivity contribution is 0.0249. The van der Waals surface area contributed by atoms with E-state index in [1.807, 2.05) is 0 Å². The number of halogens is 2. The monoisotopic (exact) mass is 390 g/mol. The number of aliphatic hydroxyl groups is 1. The van der Waals surface area contributed by atoms with Crippen molar-refractivity contribution in [2.45, 2.75) is 18.7 Å². The molecule has 0 radical (unpaired) electrons. The third-order valence-electron chi connectivity index (χ3n) is 5.51. The Hall–Kier alpha value is -2.29. The van der Waals surface area contributed by atoms with Crippen LogP contribution < -0.4 is 5.56 Å². The van der Waals surface area contributed by atoms with Gasteiger partial charge in [0.25, 0.3) is 5.56 Å². The lowest BCUT2D eigenvalue weighted by atomic mass is 10.2. The van der Waals surface area contributed by atoms with Crippen molar-refractivity contribution in [3.63, 3.8) is 0 Å². The molecule has 1 saturated carbocycles. The van der Waals surface area contributed by atoms with Crippen molar-refractivity contribution in [1.82, 2.24) is 19.6 Å². The normalized spacial score (nSPS) is 26.5. The molecule has 1 aliphatic heterocycles. The van der Waals surface area contributed by atoms with Crippen LogP contribution in [0.1, 0.15) is 11.6 Å². The summed E-state index contributed by atoms with van der Waals surface area (Å²) in [5.74, 6) is -0.0843. The molecule has 0 unspecified atom stereocenters. The van der Waals surface area contributed by atoms with Crippen molar-refractivity contribution in [3.05, 3.63) is 57.3 Å². The molecule has 1 N–H and O–H groups in total. The fraction of sp³-hybridized carbons (Fsp3) is 0.389. The average Bonchev–Trinajstić information content (AvgIpc) is 3.05. The maximum absolute atomic E-state index is 13.9. The summed E-state index contributed by atoms with van der Waals surface area (Å²) >= 11 is 6.36. The molecule has 0 bridgehead atoms. The summed E-state index contributed by atoms with van der Waals surface area (Å²) in [5.41, 5.74) is 0.302. The Morgan fingerprint density at radius 1 is 1.37 bits per heavy atom. The minimum absolute atomic E-state index is 0.0717. The molecule has 3 aromatic rings. The predicted molar refractivity (Wildman–Crippen MR) is 95.1 cm³/mol. The largest absolute Gasteiger partial charge is 0.394 e. The third-order valence-corrected chi connectivity index (χ3v) is 5.90. The van der Waals surface area contributed by atoms with Gasteiger partial charge in [0.15, 0.2) is 5.52 Å². The Bertz CT molecular complexity index is 1100.